The molecule has 5 atom stereocenters. The summed E-state index contributed by atoms with van der Waals surface area (Å²) in [5, 5.41) is 13.0. The maximum atomic E-state index is 13.6. The number of aliphatic hydroxyl groups excluding tert-OH is 1. The normalized spacial score (nSPS) is 22.8. The fourth-order valence-corrected chi connectivity index (χ4v) is 4.92. The molecule has 0 saturated carbocycles. The lowest BCUT2D eigenvalue weighted by atomic mass is 10.1. The predicted molar refractivity (Wildman–Crippen MR) is 118 cm³/mol. The van der Waals surface area contributed by atoms with E-state index in [9.17, 15) is 24.1 Å². The summed E-state index contributed by atoms with van der Waals surface area (Å²) in [4.78, 5) is 40.9. The summed E-state index contributed by atoms with van der Waals surface area (Å²) in [5.41, 5.74) is -1.56. The Labute approximate surface area is 194 Å². The van der Waals surface area contributed by atoms with Gasteiger partial charge in [0.1, 0.15) is 30.5 Å². The van der Waals surface area contributed by atoms with Crippen molar-refractivity contribution in [1.29, 1.82) is 0 Å². The van der Waals surface area contributed by atoms with E-state index < -0.39 is 56.2 Å². The van der Waals surface area contributed by atoms with Gasteiger partial charge in [-0.1, -0.05) is 32.0 Å². The van der Waals surface area contributed by atoms with Crippen molar-refractivity contribution in [3.8, 4) is 5.75 Å². The van der Waals surface area contributed by atoms with Crippen molar-refractivity contribution in [3.05, 3.63) is 57.6 Å². The third-order valence-corrected chi connectivity index (χ3v) is 6.59. The van der Waals surface area contributed by atoms with Crippen molar-refractivity contribution >= 4 is 13.7 Å². The highest BCUT2D eigenvalue weighted by Gasteiger charge is 2.40. The number of esters is 1. The molecule has 1 aliphatic rings. The Morgan fingerprint density at radius 1 is 1.35 bits per heavy atom. The molecule has 34 heavy (non-hydrogen) atoms. The van der Waals surface area contributed by atoms with Crippen LogP contribution in [0.4, 0.5) is 0 Å². The Kier molecular flexibility index (Phi) is 8.39. The van der Waals surface area contributed by atoms with Gasteiger partial charge >= 0.3 is 25.1 Å². The maximum Gasteiger partial charge on any atom is 0.459 e. The van der Waals surface area contributed by atoms with Crippen LogP contribution in [0.2, 0.25) is 0 Å². The molecule has 0 spiro atoms. The second-order valence-corrected chi connectivity index (χ2v) is 9.58. The van der Waals surface area contributed by atoms with Gasteiger partial charge in [0.05, 0.1) is 19.8 Å². The molecule has 1 fully saturated rings. The number of nitrogens with zero attached hydrogens (tertiary/aromatic N) is 2. The molecule has 3 rings (SSSR count). The molecular weight excluding hydrogens is 471 g/mol. The third kappa shape index (κ3) is 6.39. The first kappa shape index (κ1) is 25.8. The van der Waals surface area contributed by atoms with Crippen LogP contribution in [-0.2, 0) is 23.4 Å². The lowest BCUT2D eigenvalue weighted by Crippen LogP contribution is -2.41. The zero-order valence-electron chi connectivity index (χ0n) is 18.8. The molecule has 3 N–H and O–H groups in total. The standard InChI is InChI=1S/C20H27N4O9P/c1-12(2)17(18(26)30-3)23-34(29,33-13-7-5-4-6-8-13)31-10-15-14(25)9-16(32-15)24-11-21-19(27)22-20(24)28/h4-8,11-12,14-17,25H,9-10H2,1-3H3,(H,23,29)(H,22,27,28)/t14-,15+,16+,17-,34?/m0/s1. The maximum absolute atomic E-state index is 13.6. The molecule has 2 aromatic rings. The lowest BCUT2D eigenvalue weighted by Gasteiger charge is -2.27. The number of aromatic amines is 1. The van der Waals surface area contributed by atoms with Crippen LogP contribution < -0.4 is 21.0 Å². The van der Waals surface area contributed by atoms with Crippen LogP contribution in [0.25, 0.3) is 0 Å². The lowest BCUT2D eigenvalue weighted by molar-refractivity contribution is -0.143. The van der Waals surface area contributed by atoms with Gasteiger partial charge in [-0.25, -0.2) is 14.2 Å². The second-order valence-electron chi connectivity index (χ2n) is 7.89. The zero-order valence-corrected chi connectivity index (χ0v) is 19.7. The van der Waals surface area contributed by atoms with Crippen molar-refractivity contribution in [2.75, 3.05) is 13.7 Å². The van der Waals surface area contributed by atoms with Gasteiger partial charge in [-0.15, -0.1) is 0 Å². The average Bonchev–Trinajstić information content (AvgIpc) is 3.16. The van der Waals surface area contributed by atoms with Gasteiger partial charge in [0.2, 0.25) is 0 Å². The number of aromatic nitrogens is 3. The fourth-order valence-electron chi connectivity index (χ4n) is 3.25. The number of rotatable bonds is 10. The Morgan fingerprint density at radius 3 is 2.68 bits per heavy atom. The minimum Gasteiger partial charge on any atom is -0.468 e. The molecule has 0 bridgehead atoms. The van der Waals surface area contributed by atoms with E-state index in [0.717, 1.165) is 10.9 Å². The molecular formula is C20H27N4O9P. The summed E-state index contributed by atoms with van der Waals surface area (Å²) >= 11 is 0. The molecule has 0 aliphatic carbocycles. The van der Waals surface area contributed by atoms with Gasteiger partial charge in [0.25, 0.3) is 0 Å². The van der Waals surface area contributed by atoms with Crippen molar-refractivity contribution in [1.82, 2.24) is 19.6 Å². The van der Waals surface area contributed by atoms with Crippen LogP contribution >= 0.6 is 7.75 Å². The van der Waals surface area contributed by atoms with E-state index in [0.29, 0.717) is 0 Å². The molecule has 1 unspecified atom stereocenters. The van der Waals surface area contributed by atoms with E-state index in [-0.39, 0.29) is 18.1 Å². The van der Waals surface area contributed by atoms with Gasteiger partial charge < -0.3 is 19.1 Å². The second kappa shape index (κ2) is 11.1. The Balaban J connectivity index is 1.76. The van der Waals surface area contributed by atoms with Crippen molar-refractivity contribution < 1.29 is 33.0 Å². The predicted octanol–water partition coefficient (Wildman–Crippen LogP) is 0.571. The summed E-state index contributed by atoms with van der Waals surface area (Å²) in [7, 11) is -2.97. The number of carbonyl (C=O) groups excluding carboxylic acids is 1. The van der Waals surface area contributed by atoms with Crippen molar-refractivity contribution in [3.63, 3.8) is 0 Å². The van der Waals surface area contributed by atoms with Crippen LogP contribution in [0.3, 0.4) is 0 Å². The first-order valence-electron chi connectivity index (χ1n) is 10.5. The Hall–Kier alpha value is -2.83. The van der Waals surface area contributed by atoms with E-state index in [1.807, 2.05) is 4.98 Å². The molecule has 1 aromatic heterocycles. The largest absolute Gasteiger partial charge is 0.468 e. The quantitative estimate of drug-likeness (QED) is 0.309. The highest BCUT2D eigenvalue weighted by atomic mass is 31.2. The van der Waals surface area contributed by atoms with Crippen LogP contribution in [-0.4, -0.2) is 57.6 Å². The summed E-state index contributed by atoms with van der Waals surface area (Å²) in [6.07, 6.45) is -2.00. The average molecular weight is 498 g/mol. The summed E-state index contributed by atoms with van der Waals surface area (Å²) in [5.74, 6) is -0.749. The molecule has 14 heteroatoms. The summed E-state index contributed by atoms with van der Waals surface area (Å²) in [6.45, 7) is 3.06. The van der Waals surface area contributed by atoms with Crippen LogP contribution in [0.1, 0.15) is 26.5 Å². The van der Waals surface area contributed by atoms with Crippen LogP contribution in [0.15, 0.2) is 46.2 Å². The number of hydrogen-bond acceptors (Lipinski definition) is 10. The van der Waals surface area contributed by atoms with Gasteiger partial charge in [-0.2, -0.15) is 10.1 Å². The van der Waals surface area contributed by atoms with Crippen molar-refractivity contribution in [2.24, 2.45) is 5.92 Å². The molecule has 0 radical (unpaired) electrons. The number of H-pyrrole nitrogens is 1. The minimum absolute atomic E-state index is 0.00426. The Bertz CT molecular complexity index is 1140. The van der Waals surface area contributed by atoms with Gasteiger partial charge in [-0.05, 0) is 18.1 Å². The van der Waals surface area contributed by atoms with Gasteiger partial charge in [0.15, 0.2) is 0 Å². The summed E-state index contributed by atoms with van der Waals surface area (Å²) < 4.78 is 36.3. The van der Waals surface area contributed by atoms with E-state index >= 15 is 0 Å². The zero-order chi connectivity index (χ0) is 24.9. The highest BCUT2D eigenvalue weighted by molar-refractivity contribution is 7.52. The first-order valence-corrected chi connectivity index (χ1v) is 12.0. The number of ether oxygens (including phenoxy) is 2. The number of para-hydroxylation sites is 1. The van der Waals surface area contributed by atoms with E-state index in [4.69, 9.17) is 18.5 Å². The molecule has 1 aliphatic heterocycles. The number of nitrogens with one attached hydrogen (secondary N) is 2. The number of aliphatic hydroxyl groups is 1. The molecule has 0 amide bonds. The van der Waals surface area contributed by atoms with Gasteiger partial charge in [-0.3, -0.25) is 18.9 Å². The van der Waals surface area contributed by atoms with Gasteiger partial charge in [0, 0.05) is 6.42 Å². The smallest absolute Gasteiger partial charge is 0.459 e. The number of benzene rings is 1. The fraction of sp³-hybridized carbons (Fsp3) is 0.500. The van der Waals surface area contributed by atoms with E-state index in [1.54, 1.807) is 44.2 Å². The number of methoxy groups -OCH3 is 1. The van der Waals surface area contributed by atoms with Crippen LogP contribution in [0.5, 0.6) is 5.75 Å². The SMILES string of the molecule is COC(=O)[C@@H](NP(=O)(OC[C@H]1O[C@@H](n2cnc(=O)[nH]c2=O)C[C@@H]1O)Oc1ccccc1)C(C)C. The molecule has 2 heterocycles. The highest BCUT2D eigenvalue weighted by Crippen LogP contribution is 2.46. The van der Waals surface area contributed by atoms with Crippen molar-refractivity contribution in [2.45, 2.75) is 44.7 Å². The minimum atomic E-state index is -4.18. The molecule has 13 nitrogen and oxygen atoms in total. The summed E-state index contributed by atoms with van der Waals surface area (Å²) in [6, 6.07) is 7.20. The topological polar surface area (TPSA) is 171 Å². The van der Waals surface area contributed by atoms with Crippen LogP contribution in [0, 0.1) is 5.92 Å². The number of hydrogen-bond donors (Lipinski definition) is 3. The molecule has 1 aromatic carbocycles. The monoisotopic (exact) mass is 498 g/mol. The third-order valence-electron chi connectivity index (χ3n) is 5.06. The Morgan fingerprint density at radius 2 is 2.06 bits per heavy atom. The number of carbonyl (C=O) groups is 1. The molecule has 186 valence electrons. The van der Waals surface area contributed by atoms with E-state index in [2.05, 4.69) is 10.1 Å². The molecule has 1 saturated heterocycles. The van der Waals surface area contributed by atoms with E-state index in [1.165, 1.54) is 7.11 Å². The first-order chi connectivity index (χ1) is 16.1.